The van der Waals surface area contributed by atoms with E-state index in [1.807, 2.05) is 0 Å². The minimum absolute atomic E-state index is 0.0464. The predicted molar refractivity (Wildman–Crippen MR) is 71.0 cm³/mol. The van der Waals surface area contributed by atoms with Crippen molar-refractivity contribution in [3.8, 4) is 5.75 Å². The summed E-state index contributed by atoms with van der Waals surface area (Å²) in [5.74, 6) is -2.30. The van der Waals surface area contributed by atoms with Crippen molar-refractivity contribution in [2.24, 2.45) is 0 Å². The zero-order chi connectivity index (χ0) is 15.5. The van der Waals surface area contributed by atoms with E-state index < -0.39 is 29.3 Å². The van der Waals surface area contributed by atoms with Crippen LogP contribution >= 0.6 is 0 Å². The fourth-order valence-corrected chi connectivity index (χ4v) is 1.47. The summed E-state index contributed by atoms with van der Waals surface area (Å²) in [4.78, 5) is 24.3. The van der Waals surface area contributed by atoms with Crippen molar-refractivity contribution in [3.63, 3.8) is 0 Å². The van der Waals surface area contributed by atoms with Crippen molar-refractivity contribution in [2.45, 2.75) is 32.4 Å². The molecule has 110 valence electrons. The molecule has 0 aliphatic rings. The van der Waals surface area contributed by atoms with E-state index in [2.05, 4.69) is 0 Å². The van der Waals surface area contributed by atoms with Crippen molar-refractivity contribution in [2.75, 3.05) is 7.05 Å². The number of halogens is 1. The summed E-state index contributed by atoms with van der Waals surface area (Å²) in [5, 5.41) is 9.08. The van der Waals surface area contributed by atoms with Gasteiger partial charge in [-0.1, -0.05) is 12.1 Å². The maximum Gasteiger partial charge on any atom is 0.329 e. The third kappa shape index (κ3) is 3.26. The SMILES string of the molecule is CC(Oc1ccccc1F)C(=O)N(C)C(C)(C)C(=O)O. The van der Waals surface area contributed by atoms with E-state index in [9.17, 15) is 14.0 Å². The van der Waals surface area contributed by atoms with Gasteiger partial charge in [-0.2, -0.15) is 0 Å². The molecule has 1 atom stereocenters. The second-order valence-corrected chi connectivity index (χ2v) is 4.95. The summed E-state index contributed by atoms with van der Waals surface area (Å²) < 4.78 is 18.7. The lowest BCUT2D eigenvalue weighted by atomic mass is 10.0. The fraction of sp³-hybridized carbons (Fsp3) is 0.429. The number of carboxylic acids is 1. The molecule has 1 amide bonds. The second-order valence-electron chi connectivity index (χ2n) is 4.95. The van der Waals surface area contributed by atoms with Gasteiger partial charge in [0.2, 0.25) is 0 Å². The third-order valence-corrected chi connectivity index (χ3v) is 3.18. The molecule has 0 aliphatic heterocycles. The van der Waals surface area contributed by atoms with Gasteiger partial charge in [0, 0.05) is 7.05 Å². The highest BCUT2D eigenvalue weighted by molar-refractivity contribution is 5.88. The lowest BCUT2D eigenvalue weighted by Gasteiger charge is -2.33. The highest BCUT2D eigenvalue weighted by Crippen LogP contribution is 2.19. The molecule has 1 unspecified atom stereocenters. The smallest absolute Gasteiger partial charge is 0.329 e. The average molecular weight is 283 g/mol. The monoisotopic (exact) mass is 283 g/mol. The van der Waals surface area contributed by atoms with Gasteiger partial charge in [0.15, 0.2) is 17.7 Å². The summed E-state index contributed by atoms with van der Waals surface area (Å²) in [6.07, 6.45) is -0.990. The Morgan fingerprint density at radius 2 is 1.90 bits per heavy atom. The molecule has 0 aliphatic carbocycles. The van der Waals surface area contributed by atoms with Crippen LogP contribution in [0.1, 0.15) is 20.8 Å². The largest absolute Gasteiger partial charge is 0.480 e. The van der Waals surface area contributed by atoms with Gasteiger partial charge in [0.1, 0.15) is 5.54 Å². The number of para-hydroxylation sites is 1. The Morgan fingerprint density at radius 1 is 1.35 bits per heavy atom. The number of amides is 1. The average Bonchev–Trinajstić information content (AvgIpc) is 2.39. The van der Waals surface area contributed by atoms with E-state index in [1.54, 1.807) is 6.07 Å². The number of ether oxygens (including phenoxy) is 1. The number of hydrogen-bond acceptors (Lipinski definition) is 3. The first-order valence-electron chi connectivity index (χ1n) is 6.10. The minimum Gasteiger partial charge on any atom is -0.480 e. The van der Waals surface area contributed by atoms with Crippen LogP contribution in [0.25, 0.3) is 0 Å². The van der Waals surface area contributed by atoms with E-state index in [0.29, 0.717) is 0 Å². The highest BCUT2D eigenvalue weighted by atomic mass is 19.1. The Bertz CT molecular complexity index is 516. The van der Waals surface area contributed by atoms with Gasteiger partial charge < -0.3 is 14.7 Å². The summed E-state index contributed by atoms with van der Waals surface area (Å²) in [5.41, 5.74) is -1.37. The first-order chi connectivity index (χ1) is 9.17. The maximum atomic E-state index is 13.4. The van der Waals surface area contributed by atoms with Crippen molar-refractivity contribution < 1.29 is 23.8 Å². The molecule has 5 nitrogen and oxygen atoms in total. The van der Waals surface area contributed by atoms with Crippen LogP contribution in [0.15, 0.2) is 24.3 Å². The third-order valence-electron chi connectivity index (χ3n) is 3.18. The molecule has 0 aromatic heterocycles. The van der Waals surface area contributed by atoms with Gasteiger partial charge in [-0.15, -0.1) is 0 Å². The maximum absolute atomic E-state index is 13.4. The Morgan fingerprint density at radius 3 is 2.40 bits per heavy atom. The van der Waals surface area contributed by atoms with Crippen molar-refractivity contribution >= 4 is 11.9 Å². The van der Waals surface area contributed by atoms with Crippen LogP contribution in [-0.2, 0) is 9.59 Å². The summed E-state index contributed by atoms with van der Waals surface area (Å²) in [6, 6.07) is 5.72. The van der Waals surface area contributed by atoms with E-state index >= 15 is 0 Å². The second kappa shape index (κ2) is 5.90. The first-order valence-corrected chi connectivity index (χ1v) is 6.10. The summed E-state index contributed by atoms with van der Waals surface area (Å²) >= 11 is 0. The van der Waals surface area contributed by atoms with E-state index in [1.165, 1.54) is 46.0 Å². The molecule has 0 radical (unpaired) electrons. The number of likely N-dealkylation sites (N-methyl/N-ethyl adjacent to an activating group) is 1. The van der Waals surface area contributed by atoms with E-state index in [4.69, 9.17) is 9.84 Å². The van der Waals surface area contributed by atoms with Crippen LogP contribution in [0.4, 0.5) is 4.39 Å². The molecule has 6 heteroatoms. The molecule has 1 N–H and O–H groups in total. The molecule has 0 saturated carbocycles. The van der Waals surface area contributed by atoms with Crippen LogP contribution in [0.3, 0.4) is 0 Å². The number of aliphatic carboxylic acids is 1. The number of carboxylic acid groups (broad SMARTS) is 1. The van der Waals surface area contributed by atoms with Crippen LogP contribution in [0.5, 0.6) is 5.75 Å². The minimum atomic E-state index is -1.37. The van der Waals surface area contributed by atoms with Crippen LogP contribution < -0.4 is 4.74 Å². The zero-order valence-corrected chi connectivity index (χ0v) is 11.9. The number of benzene rings is 1. The van der Waals surface area contributed by atoms with Gasteiger partial charge in [-0.25, -0.2) is 9.18 Å². The van der Waals surface area contributed by atoms with E-state index in [0.717, 1.165) is 4.90 Å². The molecule has 1 rings (SSSR count). The normalized spacial score (nSPS) is 12.7. The van der Waals surface area contributed by atoms with E-state index in [-0.39, 0.29) is 5.75 Å². The molecule has 0 bridgehead atoms. The van der Waals surface area contributed by atoms with Crippen molar-refractivity contribution in [1.82, 2.24) is 4.90 Å². The lowest BCUT2D eigenvalue weighted by Crippen LogP contribution is -2.54. The number of hydrogen-bond donors (Lipinski definition) is 1. The Kier molecular flexibility index (Phi) is 4.70. The molecule has 0 fully saturated rings. The fourth-order valence-electron chi connectivity index (χ4n) is 1.47. The topological polar surface area (TPSA) is 66.8 Å². The molecule has 0 saturated heterocycles. The van der Waals surface area contributed by atoms with Crippen LogP contribution in [0, 0.1) is 5.82 Å². The predicted octanol–water partition coefficient (Wildman–Crippen LogP) is 1.91. The Balaban J connectivity index is 2.83. The Hall–Kier alpha value is -2.11. The van der Waals surface area contributed by atoms with Crippen molar-refractivity contribution in [3.05, 3.63) is 30.1 Å². The van der Waals surface area contributed by atoms with Gasteiger partial charge in [0.05, 0.1) is 0 Å². The van der Waals surface area contributed by atoms with Gasteiger partial charge in [-0.3, -0.25) is 4.79 Å². The van der Waals surface area contributed by atoms with Crippen LogP contribution in [-0.4, -0.2) is 40.6 Å². The molecule has 1 aromatic carbocycles. The molecule has 0 heterocycles. The number of carbonyl (C=O) groups is 2. The number of carbonyl (C=O) groups excluding carboxylic acids is 1. The van der Waals surface area contributed by atoms with Gasteiger partial charge in [-0.05, 0) is 32.9 Å². The standard InChI is InChI=1S/C14H18FNO4/c1-9(20-11-8-6-5-7-10(11)15)12(17)16(4)14(2,3)13(18)19/h5-9H,1-4H3,(H,18,19). The molecular formula is C14H18FNO4. The van der Waals surface area contributed by atoms with Gasteiger partial charge in [0.25, 0.3) is 5.91 Å². The van der Waals surface area contributed by atoms with Crippen molar-refractivity contribution in [1.29, 1.82) is 0 Å². The molecular weight excluding hydrogens is 265 g/mol. The highest BCUT2D eigenvalue weighted by Gasteiger charge is 2.37. The first kappa shape index (κ1) is 15.9. The van der Waals surface area contributed by atoms with Gasteiger partial charge >= 0.3 is 5.97 Å². The summed E-state index contributed by atoms with van der Waals surface area (Å²) in [6.45, 7) is 4.26. The quantitative estimate of drug-likeness (QED) is 0.896. The van der Waals surface area contributed by atoms with Crippen LogP contribution in [0.2, 0.25) is 0 Å². The molecule has 20 heavy (non-hydrogen) atoms. The molecule has 0 spiro atoms. The number of rotatable bonds is 5. The lowest BCUT2D eigenvalue weighted by molar-refractivity contribution is -0.158. The molecule has 1 aromatic rings. The zero-order valence-electron chi connectivity index (χ0n) is 11.9. The summed E-state index contributed by atoms with van der Waals surface area (Å²) in [7, 11) is 1.37. The number of nitrogens with zero attached hydrogens (tertiary/aromatic N) is 1. The Labute approximate surface area is 117 Å².